The highest BCUT2D eigenvalue weighted by Crippen LogP contribution is 2.12. The van der Waals surface area contributed by atoms with Crippen molar-refractivity contribution in [2.24, 2.45) is 0 Å². The van der Waals surface area contributed by atoms with E-state index in [4.69, 9.17) is 5.11 Å². The Kier molecular flexibility index (Phi) is 5.18. The third-order valence-corrected chi connectivity index (χ3v) is 3.79. The van der Waals surface area contributed by atoms with Crippen LogP contribution in [0.15, 0.2) is 17.3 Å². The number of aliphatic hydroxyl groups excluding tert-OH is 2. The fourth-order valence-electron chi connectivity index (χ4n) is 1.99. The summed E-state index contributed by atoms with van der Waals surface area (Å²) in [5.41, 5.74) is 1.69. The van der Waals surface area contributed by atoms with Crippen molar-refractivity contribution in [1.82, 2.24) is 20.3 Å². The number of fused-ring (bicyclic) bond motifs is 1. The number of rotatable bonds is 7. The van der Waals surface area contributed by atoms with E-state index < -0.39 is 6.10 Å². The van der Waals surface area contributed by atoms with Crippen LogP contribution in [0, 0.1) is 0 Å². The quantitative estimate of drug-likeness (QED) is 0.467. The van der Waals surface area contributed by atoms with E-state index in [1.807, 2.05) is 6.26 Å². The minimum absolute atomic E-state index is 0.211. The number of hydrogen-bond acceptors (Lipinski definition) is 6. The summed E-state index contributed by atoms with van der Waals surface area (Å²) in [6.45, 7) is 0.169. The zero-order valence-electron chi connectivity index (χ0n) is 11.1. The smallest absolute Gasteiger partial charge is 0.275 e. The van der Waals surface area contributed by atoms with Crippen molar-refractivity contribution in [2.45, 2.75) is 18.7 Å². The molecule has 2 atom stereocenters. The number of aliphatic hydroxyl groups is 2. The molecule has 0 unspecified atom stereocenters. The first-order valence-corrected chi connectivity index (χ1v) is 7.61. The fraction of sp³-hybridized carbons (Fsp3) is 0.500. The standard InChI is InChI=1S/C12H18N4O3S/c1-20-5-8(9(18)4-17)13-2-7-3-14-11-10(7)15-6-16-12(11)19/h3,6,8-9,13-14,17-18H,2,4-5H2,1H3,(H,15,16,19)/t8-,9-/m0/s1. The molecule has 0 spiro atoms. The third-order valence-electron chi connectivity index (χ3n) is 3.10. The molecule has 0 bridgehead atoms. The second-order valence-corrected chi connectivity index (χ2v) is 5.37. The number of thioether (sulfide) groups is 1. The van der Waals surface area contributed by atoms with Crippen molar-refractivity contribution < 1.29 is 10.2 Å². The van der Waals surface area contributed by atoms with Crippen molar-refractivity contribution in [3.05, 3.63) is 28.4 Å². The van der Waals surface area contributed by atoms with Crippen LogP contribution in [0.2, 0.25) is 0 Å². The number of nitrogens with zero attached hydrogens (tertiary/aromatic N) is 1. The van der Waals surface area contributed by atoms with Gasteiger partial charge in [0.25, 0.3) is 5.56 Å². The second kappa shape index (κ2) is 6.89. The SMILES string of the molecule is CSC[C@H](NCc1c[nH]c2c(=O)[nH]cnc12)[C@@H](O)CO. The van der Waals surface area contributed by atoms with Crippen LogP contribution in [-0.4, -0.2) is 55.9 Å². The minimum atomic E-state index is -0.816. The molecule has 0 aliphatic carbocycles. The van der Waals surface area contributed by atoms with Gasteiger partial charge in [0.1, 0.15) is 5.52 Å². The van der Waals surface area contributed by atoms with Gasteiger partial charge >= 0.3 is 0 Å². The van der Waals surface area contributed by atoms with Crippen LogP contribution in [0.1, 0.15) is 5.56 Å². The van der Waals surface area contributed by atoms with Crippen LogP contribution in [0.25, 0.3) is 11.0 Å². The molecule has 8 heteroatoms. The van der Waals surface area contributed by atoms with E-state index in [0.29, 0.717) is 23.3 Å². The van der Waals surface area contributed by atoms with Gasteiger partial charge in [-0.1, -0.05) is 0 Å². The van der Waals surface area contributed by atoms with Crippen LogP contribution in [0.4, 0.5) is 0 Å². The molecule has 20 heavy (non-hydrogen) atoms. The number of aromatic nitrogens is 3. The van der Waals surface area contributed by atoms with E-state index >= 15 is 0 Å². The summed E-state index contributed by atoms with van der Waals surface area (Å²) in [5, 5.41) is 21.9. The molecule has 7 nitrogen and oxygen atoms in total. The van der Waals surface area contributed by atoms with Crippen LogP contribution in [-0.2, 0) is 6.54 Å². The number of hydrogen-bond donors (Lipinski definition) is 5. The second-order valence-electron chi connectivity index (χ2n) is 4.46. The molecule has 0 radical (unpaired) electrons. The van der Waals surface area contributed by atoms with E-state index in [1.165, 1.54) is 6.33 Å². The molecule has 2 heterocycles. The van der Waals surface area contributed by atoms with Gasteiger partial charge in [0, 0.05) is 30.1 Å². The summed E-state index contributed by atoms with van der Waals surface area (Å²) in [6, 6.07) is -0.220. The number of aromatic amines is 2. The van der Waals surface area contributed by atoms with Crippen molar-refractivity contribution in [3.63, 3.8) is 0 Å². The van der Waals surface area contributed by atoms with E-state index in [9.17, 15) is 9.90 Å². The van der Waals surface area contributed by atoms with Crippen molar-refractivity contribution >= 4 is 22.8 Å². The molecule has 0 fully saturated rings. The van der Waals surface area contributed by atoms with E-state index in [0.717, 1.165) is 5.56 Å². The van der Waals surface area contributed by atoms with Gasteiger partial charge in [-0.05, 0) is 6.26 Å². The van der Waals surface area contributed by atoms with Gasteiger partial charge in [0.05, 0.1) is 24.6 Å². The summed E-state index contributed by atoms with van der Waals surface area (Å²) in [5.74, 6) is 0.679. The maximum Gasteiger partial charge on any atom is 0.275 e. The molecular formula is C12H18N4O3S. The molecule has 2 rings (SSSR count). The van der Waals surface area contributed by atoms with Crippen LogP contribution in [0.3, 0.4) is 0 Å². The third kappa shape index (κ3) is 3.21. The highest BCUT2D eigenvalue weighted by atomic mass is 32.2. The molecule has 2 aromatic heterocycles. The highest BCUT2D eigenvalue weighted by molar-refractivity contribution is 7.98. The Morgan fingerprint density at radius 3 is 3.00 bits per heavy atom. The first kappa shape index (κ1) is 15.0. The molecule has 0 saturated carbocycles. The van der Waals surface area contributed by atoms with E-state index in [1.54, 1.807) is 18.0 Å². The summed E-state index contributed by atoms with van der Waals surface area (Å²) in [7, 11) is 0. The normalized spacial score (nSPS) is 14.6. The topological polar surface area (TPSA) is 114 Å². The predicted octanol–water partition coefficient (Wildman–Crippen LogP) is -0.574. The fourth-order valence-corrected chi connectivity index (χ4v) is 2.69. The van der Waals surface area contributed by atoms with Gasteiger partial charge in [-0.15, -0.1) is 0 Å². The van der Waals surface area contributed by atoms with E-state index in [-0.39, 0.29) is 18.2 Å². The van der Waals surface area contributed by atoms with Crippen molar-refractivity contribution in [3.8, 4) is 0 Å². The van der Waals surface area contributed by atoms with Gasteiger partial charge in [-0.2, -0.15) is 11.8 Å². The van der Waals surface area contributed by atoms with Crippen molar-refractivity contribution in [1.29, 1.82) is 0 Å². The lowest BCUT2D eigenvalue weighted by Crippen LogP contribution is -2.43. The first-order valence-electron chi connectivity index (χ1n) is 6.22. The van der Waals surface area contributed by atoms with Gasteiger partial charge < -0.3 is 25.5 Å². The Balaban J connectivity index is 2.12. The lowest BCUT2D eigenvalue weighted by Gasteiger charge is -2.21. The molecule has 110 valence electrons. The lowest BCUT2D eigenvalue weighted by molar-refractivity contribution is 0.0689. The zero-order valence-corrected chi connectivity index (χ0v) is 11.9. The molecule has 0 aromatic carbocycles. The summed E-state index contributed by atoms with van der Waals surface area (Å²) in [6.07, 6.45) is 4.21. The summed E-state index contributed by atoms with van der Waals surface area (Å²) < 4.78 is 0. The van der Waals surface area contributed by atoms with Gasteiger partial charge in [0.2, 0.25) is 0 Å². The first-order chi connectivity index (χ1) is 9.67. The minimum Gasteiger partial charge on any atom is -0.394 e. The van der Waals surface area contributed by atoms with Gasteiger partial charge in [-0.3, -0.25) is 4.79 Å². The molecular weight excluding hydrogens is 280 g/mol. The Labute approximate surface area is 119 Å². The predicted molar refractivity (Wildman–Crippen MR) is 78.8 cm³/mol. The Hall–Kier alpha value is -1.35. The van der Waals surface area contributed by atoms with Gasteiger partial charge in [-0.25, -0.2) is 4.98 Å². The monoisotopic (exact) mass is 298 g/mol. The lowest BCUT2D eigenvalue weighted by atomic mass is 10.2. The van der Waals surface area contributed by atoms with Crippen LogP contribution < -0.4 is 10.9 Å². The number of H-pyrrole nitrogens is 2. The molecule has 2 aromatic rings. The van der Waals surface area contributed by atoms with Crippen LogP contribution >= 0.6 is 11.8 Å². The van der Waals surface area contributed by atoms with Crippen LogP contribution in [0.5, 0.6) is 0 Å². The number of nitrogens with one attached hydrogen (secondary N) is 3. The Bertz CT molecular complexity index is 612. The average Bonchev–Trinajstić information content (AvgIpc) is 2.87. The van der Waals surface area contributed by atoms with E-state index in [2.05, 4.69) is 20.3 Å². The molecule has 0 aliphatic rings. The largest absolute Gasteiger partial charge is 0.394 e. The maximum absolute atomic E-state index is 11.6. The maximum atomic E-state index is 11.6. The Morgan fingerprint density at radius 1 is 1.50 bits per heavy atom. The average molecular weight is 298 g/mol. The molecule has 0 saturated heterocycles. The summed E-state index contributed by atoms with van der Waals surface area (Å²) in [4.78, 5) is 21.1. The zero-order chi connectivity index (χ0) is 14.5. The highest BCUT2D eigenvalue weighted by Gasteiger charge is 2.18. The summed E-state index contributed by atoms with van der Waals surface area (Å²) >= 11 is 1.58. The Morgan fingerprint density at radius 2 is 2.30 bits per heavy atom. The molecule has 5 N–H and O–H groups in total. The molecule has 0 amide bonds. The van der Waals surface area contributed by atoms with Gasteiger partial charge in [0.15, 0.2) is 0 Å². The molecule has 0 aliphatic heterocycles. The van der Waals surface area contributed by atoms with Crippen molar-refractivity contribution in [2.75, 3.05) is 18.6 Å².